The Kier molecular flexibility index (Phi) is 5.08. The summed E-state index contributed by atoms with van der Waals surface area (Å²) in [4.78, 5) is 34.4. The molecule has 0 spiro atoms. The van der Waals surface area contributed by atoms with Crippen molar-refractivity contribution < 1.29 is 9.59 Å². The maximum Gasteiger partial charge on any atom is 0.275 e. The average Bonchev–Trinajstić information content (AvgIpc) is 2.62. The van der Waals surface area contributed by atoms with Crippen LogP contribution in [-0.2, 0) is 10.3 Å². The molecule has 0 aliphatic carbocycles. The summed E-state index contributed by atoms with van der Waals surface area (Å²) in [6.07, 6.45) is 0.170. The van der Waals surface area contributed by atoms with Gasteiger partial charge in [0.15, 0.2) is 5.96 Å². The van der Waals surface area contributed by atoms with E-state index in [1.54, 1.807) is 25.2 Å². The van der Waals surface area contributed by atoms with E-state index >= 15 is 0 Å². The number of rotatable bonds is 3. The number of benzene rings is 1. The second-order valence-corrected chi connectivity index (χ2v) is 7.17. The highest BCUT2D eigenvalue weighted by atomic mass is 35.5. The van der Waals surface area contributed by atoms with Crippen molar-refractivity contribution in [1.82, 2.24) is 9.88 Å². The molecule has 3 rings (SSSR count). The molecule has 27 heavy (non-hydrogen) atoms. The first-order chi connectivity index (χ1) is 12.7. The van der Waals surface area contributed by atoms with Gasteiger partial charge in [-0.2, -0.15) is 0 Å². The molecule has 2 aromatic rings. The molecule has 1 aliphatic rings. The maximum atomic E-state index is 12.5. The normalized spacial score (nSPS) is 19.6. The number of nitrogens with two attached hydrogens (primary N) is 1. The summed E-state index contributed by atoms with van der Waals surface area (Å²) < 4.78 is 0. The maximum absolute atomic E-state index is 12.5. The van der Waals surface area contributed by atoms with Crippen LogP contribution in [0, 0.1) is 0 Å². The standard InChI is InChI=1S/C18H17Cl2N5O2/c1-18(9-14(26)25(2)17(21)24-18)10-4-3-5-11(8-10)22-16(27)15-12(19)6-7-13(20)23-15/h3-8H,9H2,1-2H3,(H2,21,24)(H,22,27)/t18-/m0/s1. The van der Waals surface area contributed by atoms with E-state index in [2.05, 4.69) is 15.3 Å². The summed E-state index contributed by atoms with van der Waals surface area (Å²) in [6, 6.07) is 10.1. The predicted molar refractivity (Wildman–Crippen MR) is 105 cm³/mol. The monoisotopic (exact) mass is 405 g/mol. The van der Waals surface area contributed by atoms with Crippen LogP contribution in [0.1, 0.15) is 29.4 Å². The number of pyridine rings is 1. The molecule has 9 heteroatoms. The number of amides is 2. The van der Waals surface area contributed by atoms with Crippen molar-refractivity contribution in [2.24, 2.45) is 10.7 Å². The molecule has 0 bridgehead atoms. The number of nitrogens with one attached hydrogen (secondary N) is 1. The molecule has 3 N–H and O–H groups in total. The molecule has 2 amide bonds. The van der Waals surface area contributed by atoms with E-state index in [0.717, 1.165) is 5.56 Å². The minimum absolute atomic E-state index is 0.0255. The molecule has 0 saturated carbocycles. The average molecular weight is 406 g/mol. The van der Waals surface area contributed by atoms with Crippen LogP contribution in [0.4, 0.5) is 5.69 Å². The Bertz CT molecular complexity index is 963. The van der Waals surface area contributed by atoms with Crippen molar-refractivity contribution in [3.05, 3.63) is 57.8 Å². The third-order valence-electron chi connectivity index (χ3n) is 4.34. The first-order valence-corrected chi connectivity index (χ1v) is 8.81. The molecule has 0 radical (unpaired) electrons. The van der Waals surface area contributed by atoms with Crippen LogP contribution in [0.25, 0.3) is 0 Å². The molecule has 2 heterocycles. The van der Waals surface area contributed by atoms with Gasteiger partial charge in [-0.3, -0.25) is 14.5 Å². The quantitative estimate of drug-likeness (QED) is 0.766. The first-order valence-electron chi connectivity index (χ1n) is 8.05. The Morgan fingerprint density at radius 3 is 2.74 bits per heavy atom. The number of halogens is 2. The number of hydrogen-bond acceptors (Lipinski definition) is 5. The van der Waals surface area contributed by atoms with Gasteiger partial charge in [0.2, 0.25) is 5.91 Å². The van der Waals surface area contributed by atoms with Gasteiger partial charge < -0.3 is 11.1 Å². The summed E-state index contributed by atoms with van der Waals surface area (Å²) >= 11 is 11.9. The van der Waals surface area contributed by atoms with Crippen molar-refractivity contribution >= 4 is 46.7 Å². The van der Waals surface area contributed by atoms with E-state index < -0.39 is 11.4 Å². The lowest BCUT2D eigenvalue weighted by molar-refractivity contribution is -0.128. The van der Waals surface area contributed by atoms with Gasteiger partial charge in [0, 0.05) is 12.7 Å². The summed E-state index contributed by atoms with van der Waals surface area (Å²) in [5.74, 6) is -0.472. The lowest BCUT2D eigenvalue weighted by Crippen LogP contribution is -2.47. The minimum atomic E-state index is -0.819. The molecule has 0 unspecified atom stereocenters. The number of anilines is 1. The van der Waals surface area contributed by atoms with Crippen LogP contribution >= 0.6 is 23.2 Å². The van der Waals surface area contributed by atoms with Crippen LogP contribution in [0.5, 0.6) is 0 Å². The molecular formula is C18H17Cl2N5O2. The SMILES string of the molecule is CN1C(=O)C[C@@](C)(c2cccc(NC(=O)c3nc(Cl)ccc3Cl)c2)N=C1N. The van der Waals surface area contributed by atoms with Crippen molar-refractivity contribution in [3.8, 4) is 0 Å². The largest absolute Gasteiger partial charge is 0.369 e. The lowest BCUT2D eigenvalue weighted by Gasteiger charge is -2.33. The highest BCUT2D eigenvalue weighted by Gasteiger charge is 2.36. The van der Waals surface area contributed by atoms with E-state index in [9.17, 15) is 9.59 Å². The molecule has 1 aromatic carbocycles. The zero-order chi connectivity index (χ0) is 19.8. The van der Waals surface area contributed by atoms with Crippen molar-refractivity contribution in [3.63, 3.8) is 0 Å². The number of guanidine groups is 1. The molecular weight excluding hydrogens is 389 g/mol. The molecule has 7 nitrogen and oxygen atoms in total. The van der Waals surface area contributed by atoms with E-state index in [1.165, 1.54) is 17.0 Å². The number of hydrogen-bond donors (Lipinski definition) is 2. The molecule has 1 aromatic heterocycles. The highest BCUT2D eigenvalue weighted by Crippen LogP contribution is 2.34. The Balaban J connectivity index is 1.89. The minimum Gasteiger partial charge on any atom is -0.369 e. The Hall–Kier alpha value is -2.64. The van der Waals surface area contributed by atoms with Crippen LogP contribution in [0.15, 0.2) is 41.4 Å². The summed E-state index contributed by atoms with van der Waals surface area (Å²) in [7, 11) is 1.58. The Morgan fingerprint density at radius 2 is 2.04 bits per heavy atom. The summed E-state index contributed by atoms with van der Waals surface area (Å²) in [5.41, 5.74) is 6.32. The molecule has 1 atom stereocenters. The molecule has 0 saturated heterocycles. The third-order valence-corrected chi connectivity index (χ3v) is 4.86. The van der Waals surface area contributed by atoms with E-state index in [-0.39, 0.29) is 34.2 Å². The van der Waals surface area contributed by atoms with Crippen molar-refractivity contribution in [2.75, 3.05) is 12.4 Å². The number of aromatic nitrogens is 1. The van der Waals surface area contributed by atoms with Crippen LogP contribution in [-0.4, -0.2) is 34.7 Å². The fourth-order valence-corrected chi connectivity index (χ4v) is 3.11. The van der Waals surface area contributed by atoms with Gasteiger partial charge in [-0.05, 0) is 36.8 Å². The second kappa shape index (κ2) is 7.17. The van der Waals surface area contributed by atoms with Crippen LogP contribution in [0.2, 0.25) is 10.2 Å². The number of nitrogens with zero attached hydrogens (tertiary/aromatic N) is 3. The Morgan fingerprint density at radius 1 is 1.30 bits per heavy atom. The topological polar surface area (TPSA) is 101 Å². The fraction of sp³-hybridized carbons (Fsp3) is 0.222. The zero-order valence-electron chi connectivity index (χ0n) is 14.7. The predicted octanol–water partition coefficient (Wildman–Crippen LogP) is 3.03. The first kappa shape index (κ1) is 19.1. The molecule has 0 fully saturated rings. The highest BCUT2D eigenvalue weighted by molar-refractivity contribution is 6.35. The van der Waals surface area contributed by atoms with Gasteiger partial charge in [-0.25, -0.2) is 9.98 Å². The van der Waals surface area contributed by atoms with Gasteiger partial charge in [-0.15, -0.1) is 0 Å². The van der Waals surface area contributed by atoms with E-state index in [1.807, 2.05) is 13.0 Å². The van der Waals surface area contributed by atoms with Gasteiger partial charge in [0.25, 0.3) is 5.91 Å². The van der Waals surface area contributed by atoms with Crippen LogP contribution < -0.4 is 11.1 Å². The number of aliphatic imine (C=N–C) groups is 1. The summed E-state index contributed by atoms with van der Waals surface area (Å²) in [5, 5.41) is 3.09. The molecule has 140 valence electrons. The van der Waals surface area contributed by atoms with Crippen molar-refractivity contribution in [2.45, 2.75) is 18.9 Å². The smallest absolute Gasteiger partial charge is 0.275 e. The van der Waals surface area contributed by atoms with Gasteiger partial charge >= 0.3 is 0 Å². The van der Waals surface area contributed by atoms with Gasteiger partial charge in [-0.1, -0.05) is 35.3 Å². The van der Waals surface area contributed by atoms with E-state index in [4.69, 9.17) is 28.9 Å². The Labute approximate surface area is 166 Å². The van der Waals surface area contributed by atoms with Crippen LogP contribution in [0.3, 0.4) is 0 Å². The second-order valence-electron chi connectivity index (χ2n) is 6.37. The van der Waals surface area contributed by atoms with Gasteiger partial charge in [0.1, 0.15) is 10.8 Å². The van der Waals surface area contributed by atoms with Crippen molar-refractivity contribution in [1.29, 1.82) is 0 Å². The fourth-order valence-electron chi connectivity index (χ4n) is 2.77. The third kappa shape index (κ3) is 3.89. The van der Waals surface area contributed by atoms with Gasteiger partial charge in [0.05, 0.1) is 17.0 Å². The zero-order valence-corrected chi connectivity index (χ0v) is 16.2. The summed E-state index contributed by atoms with van der Waals surface area (Å²) in [6.45, 7) is 1.82. The van der Waals surface area contributed by atoms with E-state index in [0.29, 0.717) is 5.69 Å². The number of carbonyl (C=O) groups excluding carboxylic acids is 2. The lowest BCUT2D eigenvalue weighted by atomic mass is 9.87. The number of carbonyl (C=O) groups is 2. The molecule has 1 aliphatic heterocycles.